The third kappa shape index (κ3) is 4.52. The van der Waals surface area contributed by atoms with E-state index in [1.54, 1.807) is 17.6 Å². The van der Waals surface area contributed by atoms with Gasteiger partial charge in [0.2, 0.25) is 0 Å². The third-order valence-electron chi connectivity index (χ3n) is 6.54. The van der Waals surface area contributed by atoms with Crippen LogP contribution in [0.1, 0.15) is 65.7 Å². The van der Waals surface area contributed by atoms with Crippen molar-refractivity contribution in [2.75, 3.05) is 6.61 Å². The minimum Gasteiger partial charge on any atom is -0.461 e. The van der Waals surface area contributed by atoms with Crippen LogP contribution in [0.15, 0.2) is 46.9 Å². The zero-order valence-corrected chi connectivity index (χ0v) is 20.7. The highest BCUT2D eigenvalue weighted by atomic mass is 19.4. The molecule has 0 spiro atoms. The number of aryl methyl sites for hydroxylation is 1. The highest BCUT2D eigenvalue weighted by Crippen LogP contribution is 2.46. The number of hydrogen-bond acceptors (Lipinski definition) is 6. The van der Waals surface area contributed by atoms with E-state index >= 15 is 0 Å². The van der Waals surface area contributed by atoms with Crippen LogP contribution in [0.3, 0.4) is 0 Å². The van der Waals surface area contributed by atoms with E-state index in [2.05, 4.69) is 4.98 Å². The fourth-order valence-corrected chi connectivity index (χ4v) is 4.74. The highest BCUT2D eigenvalue weighted by Gasteiger charge is 2.41. The molecular weight excluding hydrogens is 503 g/mol. The number of para-hydroxylation sites is 1. The van der Waals surface area contributed by atoms with Gasteiger partial charge in [-0.05, 0) is 43.5 Å². The number of nitrogens with zero attached hydrogens (tertiary/aromatic N) is 3. The van der Waals surface area contributed by atoms with Crippen LogP contribution in [-0.4, -0.2) is 27.1 Å². The monoisotopic (exact) mass is 527 g/mol. The van der Waals surface area contributed by atoms with Gasteiger partial charge in [-0.2, -0.15) is 13.2 Å². The quantitative estimate of drug-likeness (QED) is 0.141. The summed E-state index contributed by atoms with van der Waals surface area (Å²) in [6, 6.07) is 9.53. The standard InChI is InChI=1S/C27H24F3N3O5/c1-3-21-31-23(16-10-11-16)24(26(34)37-4-2)32(21)14-15-9-12-20-18(13-15)22(27(28,29)30)25(38-20)17-7-5-6-8-19(17)33(35)36/h5-9,12-13,16H,3-4,10-11,14H2,1-2H3. The number of alkyl halides is 3. The molecule has 0 unspecified atom stereocenters. The maximum Gasteiger partial charge on any atom is 0.420 e. The predicted octanol–water partition coefficient (Wildman–Crippen LogP) is 6.89. The lowest BCUT2D eigenvalue weighted by Gasteiger charge is -2.12. The molecule has 2 aromatic heterocycles. The van der Waals surface area contributed by atoms with Crippen LogP contribution < -0.4 is 0 Å². The minimum absolute atomic E-state index is 0.0557. The van der Waals surface area contributed by atoms with E-state index in [4.69, 9.17) is 9.15 Å². The number of ether oxygens (including phenoxy) is 1. The number of furan rings is 1. The van der Waals surface area contributed by atoms with Gasteiger partial charge in [0.25, 0.3) is 5.69 Å². The smallest absolute Gasteiger partial charge is 0.420 e. The number of imidazole rings is 1. The second kappa shape index (κ2) is 9.62. The molecule has 38 heavy (non-hydrogen) atoms. The number of rotatable bonds is 8. The van der Waals surface area contributed by atoms with Crippen LogP contribution in [0.25, 0.3) is 22.3 Å². The SMILES string of the molecule is CCOC(=O)c1c(C2CC2)nc(CC)n1Cc1ccc2oc(-c3ccccc3[N+](=O)[O-])c(C(F)(F)F)c2c1. The van der Waals surface area contributed by atoms with E-state index in [0.717, 1.165) is 18.9 Å². The molecular formula is C27H24F3N3O5. The molecule has 0 bridgehead atoms. The van der Waals surface area contributed by atoms with Crippen molar-refractivity contribution in [3.63, 3.8) is 0 Å². The molecule has 198 valence electrons. The summed E-state index contributed by atoms with van der Waals surface area (Å²) in [4.78, 5) is 28.3. The Morgan fingerprint density at radius 1 is 1.21 bits per heavy atom. The minimum atomic E-state index is -4.85. The number of carbonyl (C=O) groups is 1. The third-order valence-corrected chi connectivity index (χ3v) is 6.54. The van der Waals surface area contributed by atoms with Crippen molar-refractivity contribution in [1.82, 2.24) is 9.55 Å². The first-order chi connectivity index (χ1) is 18.1. The Bertz CT molecular complexity index is 1550. The Morgan fingerprint density at radius 2 is 1.95 bits per heavy atom. The molecule has 2 heterocycles. The van der Waals surface area contributed by atoms with Crippen LogP contribution in [0, 0.1) is 10.1 Å². The zero-order valence-electron chi connectivity index (χ0n) is 20.7. The number of esters is 1. The van der Waals surface area contributed by atoms with Gasteiger partial charge in [0, 0.05) is 30.3 Å². The number of halogens is 3. The van der Waals surface area contributed by atoms with Crippen LogP contribution in [-0.2, 0) is 23.9 Å². The van der Waals surface area contributed by atoms with Crippen molar-refractivity contribution in [3.05, 3.63) is 80.9 Å². The molecule has 1 aliphatic carbocycles. The average Bonchev–Trinajstić information content (AvgIpc) is 3.54. The van der Waals surface area contributed by atoms with E-state index in [-0.39, 0.29) is 35.6 Å². The summed E-state index contributed by atoms with van der Waals surface area (Å²) in [5.74, 6) is -0.324. The molecule has 0 amide bonds. The van der Waals surface area contributed by atoms with Crippen LogP contribution in [0.5, 0.6) is 0 Å². The second-order valence-corrected chi connectivity index (χ2v) is 9.11. The van der Waals surface area contributed by atoms with E-state index in [0.29, 0.717) is 29.2 Å². The van der Waals surface area contributed by atoms with Gasteiger partial charge in [-0.3, -0.25) is 10.1 Å². The Labute approximate surface area is 215 Å². The molecule has 1 saturated carbocycles. The normalized spacial score (nSPS) is 13.7. The number of carbonyl (C=O) groups excluding carboxylic acids is 1. The first kappa shape index (κ1) is 25.5. The molecule has 2 aromatic carbocycles. The van der Waals surface area contributed by atoms with Gasteiger partial charge in [0.05, 0.1) is 22.8 Å². The van der Waals surface area contributed by atoms with Gasteiger partial charge in [-0.15, -0.1) is 0 Å². The summed E-state index contributed by atoms with van der Waals surface area (Å²) in [7, 11) is 0. The fourth-order valence-electron chi connectivity index (χ4n) is 4.74. The van der Waals surface area contributed by atoms with E-state index < -0.39 is 34.1 Å². The Kier molecular flexibility index (Phi) is 6.46. The first-order valence-electron chi connectivity index (χ1n) is 12.3. The lowest BCUT2D eigenvalue weighted by Crippen LogP contribution is -2.16. The highest BCUT2D eigenvalue weighted by molar-refractivity contribution is 5.91. The number of nitro benzene ring substituents is 1. The largest absolute Gasteiger partial charge is 0.461 e. The van der Waals surface area contributed by atoms with Gasteiger partial charge in [-0.1, -0.05) is 25.1 Å². The number of hydrogen-bond donors (Lipinski definition) is 0. The predicted molar refractivity (Wildman–Crippen MR) is 132 cm³/mol. The van der Waals surface area contributed by atoms with Gasteiger partial charge in [0.1, 0.15) is 17.0 Å². The van der Waals surface area contributed by atoms with Crippen molar-refractivity contribution in [2.45, 2.75) is 51.7 Å². The molecule has 0 aliphatic heterocycles. The summed E-state index contributed by atoms with van der Waals surface area (Å²) >= 11 is 0. The van der Waals surface area contributed by atoms with Crippen LogP contribution in [0.2, 0.25) is 0 Å². The molecule has 8 nitrogen and oxygen atoms in total. The summed E-state index contributed by atoms with van der Waals surface area (Å²) in [5.41, 5.74) is -0.416. The lowest BCUT2D eigenvalue weighted by atomic mass is 10.0. The fraction of sp³-hybridized carbons (Fsp3) is 0.333. The molecule has 1 fully saturated rings. The number of aromatic nitrogens is 2. The molecule has 0 radical (unpaired) electrons. The number of fused-ring (bicyclic) bond motifs is 1. The zero-order chi connectivity index (χ0) is 27.2. The summed E-state index contributed by atoms with van der Waals surface area (Å²) in [6.45, 7) is 3.87. The summed E-state index contributed by atoms with van der Waals surface area (Å²) in [6.07, 6.45) is -2.50. The molecule has 5 rings (SSSR count). The molecule has 4 aromatic rings. The molecule has 0 saturated heterocycles. The van der Waals surface area contributed by atoms with Gasteiger partial charge < -0.3 is 13.7 Å². The number of nitro groups is 1. The van der Waals surface area contributed by atoms with Crippen molar-refractivity contribution < 1.29 is 32.0 Å². The maximum absolute atomic E-state index is 14.4. The molecule has 0 N–H and O–H groups in total. The first-order valence-corrected chi connectivity index (χ1v) is 12.3. The lowest BCUT2D eigenvalue weighted by molar-refractivity contribution is -0.384. The maximum atomic E-state index is 14.4. The Hall–Kier alpha value is -4.15. The van der Waals surface area contributed by atoms with E-state index in [1.807, 2.05) is 6.92 Å². The second-order valence-electron chi connectivity index (χ2n) is 9.11. The van der Waals surface area contributed by atoms with Crippen LogP contribution in [0.4, 0.5) is 18.9 Å². The average molecular weight is 527 g/mol. The van der Waals surface area contributed by atoms with Gasteiger partial charge >= 0.3 is 12.1 Å². The van der Waals surface area contributed by atoms with Crippen molar-refractivity contribution in [2.24, 2.45) is 0 Å². The Morgan fingerprint density at radius 3 is 2.58 bits per heavy atom. The topological polar surface area (TPSA) is 100 Å². The van der Waals surface area contributed by atoms with Crippen LogP contribution >= 0.6 is 0 Å². The van der Waals surface area contributed by atoms with E-state index in [9.17, 15) is 28.1 Å². The molecule has 1 aliphatic rings. The molecule has 11 heteroatoms. The number of benzene rings is 2. The van der Waals surface area contributed by atoms with E-state index in [1.165, 1.54) is 30.3 Å². The summed E-state index contributed by atoms with van der Waals surface area (Å²) in [5, 5.41) is 11.3. The van der Waals surface area contributed by atoms with Crippen molar-refractivity contribution >= 4 is 22.6 Å². The molecule has 0 atom stereocenters. The van der Waals surface area contributed by atoms with Crippen molar-refractivity contribution in [3.8, 4) is 11.3 Å². The van der Waals surface area contributed by atoms with Gasteiger partial charge in [-0.25, -0.2) is 9.78 Å². The Balaban J connectivity index is 1.65. The van der Waals surface area contributed by atoms with Crippen molar-refractivity contribution in [1.29, 1.82) is 0 Å². The van der Waals surface area contributed by atoms with Gasteiger partial charge in [0.15, 0.2) is 11.5 Å². The summed E-state index contributed by atoms with van der Waals surface area (Å²) < 4.78 is 55.6.